The van der Waals surface area contributed by atoms with E-state index in [4.69, 9.17) is 0 Å². The van der Waals surface area contributed by atoms with Crippen LogP contribution in [0.4, 0.5) is 0 Å². The molecule has 98 valence electrons. The molecule has 0 aliphatic rings. The lowest BCUT2D eigenvalue weighted by Gasteiger charge is -1.97. The lowest BCUT2D eigenvalue weighted by molar-refractivity contribution is 0.768. The Hall–Kier alpha value is -2.96. The number of H-pyrrole nitrogens is 1. The van der Waals surface area contributed by atoms with Crippen molar-refractivity contribution in [2.24, 2.45) is 7.05 Å². The molecular formula is C13H10N6O. The SMILES string of the molecule is Cn1cc(-c2nc3c4ccccc4[nH]c(=O)n3n2)cn1. The summed E-state index contributed by atoms with van der Waals surface area (Å²) in [5.74, 6) is 0.486. The van der Waals surface area contributed by atoms with Gasteiger partial charge in [0, 0.05) is 18.6 Å². The maximum absolute atomic E-state index is 12.0. The van der Waals surface area contributed by atoms with Crippen LogP contribution in [-0.4, -0.2) is 29.4 Å². The number of rotatable bonds is 1. The zero-order valence-electron chi connectivity index (χ0n) is 10.6. The molecule has 0 fully saturated rings. The summed E-state index contributed by atoms with van der Waals surface area (Å²) in [4.78, 5) is 19.3. The monoisotopic (exact) mass is 266 g/mol. The summed E-state index contributed by atoms with van der Waals surface area (Å²) in [6.07, 6.45) is 3.48. The van der Waals surface area contributed by atoms with E-state index in [1.165, 1.54) is 4.52 Å². The van der Waals surface area contributed by atoms with Crippen LogP contribution in [0.5, 0.6) is 0 Å². The number of benzene rings is 1. The van der Waals surface area contributed by atoms with Crippen LogP contribution in [0, 0.1) is 0 Å². The molecule has 1 N–H and O–H groups in total. The predicted octanol–water partition coefficient (Wildman–Crippen LogP) is 0.971. The quantitative estimate of drug-likeness (QED) is 0.556. The average Bonchev–Trinajstić information content (AvgIpc) is 3.05. The summed E-state index contributed by atoms with van der Waals surface area (Å²) in [5.41, 5.74) is 1.76. The largest absolute Gasteiger partial charge is 0.348 e. The maximum Gasteiger partial charge on any atom is 0.348 e. The molecule has 0 radical (unpaired) electrons. The number of hydrogen-bond donors (Lipinski definition) is 1. The second kappa shape index (κ2) is 3.77. The molecule has 7 nitrogen and oxygen atoms in total. The Labute approximate surface area is 112 Å². The molecule has 3 aromatic heterocycles. The fourth-order valence-corrected chi connectivity index (χ4v) is 2.24. The number of nitrogens with one attached hydrogen (secondary N) is 1. The van der Waals surface area contributed by atoms with Crippen molar-refractivity contribution in [1.82, 2.24) is 29.4 Å². The number of para-hydroxylation sites is 1. The van der Waals surface area contributed by atoms with Gasteiger partial charge in [-0.05, 0) is 12.1 Å². The Morgan fingerprint density at radius 3 is 2.90 bits per heavy atom. The highest BCUT2D eigenvalue weighted by Gasteiger charge is 2.12. The number of hydrogen-bond acceptors (Lipinski definition) is 4. The summed E-state index contributed by atoms with van der Waals surface area (Å²) in [5, 5.41) is 9.20. The third kappa shape index (κ3) is 1.46. The van der Waals surface area contributed by atoms with Gasteiger partial charge in [-0.3, -0.25) is 4.68 Å². The second-order valence-electron chi connectivity index (χ2n) is 4.55. The van der Waals surface area contributed by atoms with Gasteiger partial charge in [-0.2, -0.15) is 9.61 Å². The van der Waals surface area contributed by atoms with E-state index in [1.54, 1.807) is 10.9 Å². The molecule has 0 bridgehead atoms. The Morgan fingerprint density at radius 2 is 2.10 bits per heavy atom. The summed E-state index contributed by atoms with van der Waals surface area (Å²) < 4.78 is 2.95. The van der Waals surface area contributed by atoms with Crippen LogP contribution in [0.2, 0.25) is 0 Å². The van der Waals surface area contributed by atoms with Gasteiger partial charge in [-0.15, -0.1) is 5.10 Å². The minimum Gasteiger partial charge on any atom is -0.305 e. The highest BCUT2D eigenvalue weighted by Crippen LogP contribution is 2.18. The molecule has 0 saturated carbocycles. The molecule has 3 heterocycles. The van der Waals surface area contributed by atoms with Crippen molar-refractivity contribution in [1.29, 1.82) is 0 Å². The predicted molar refractivity (Wildman–Crippen MR) is 73.3 cm³/mol. The van der Waals surface area contributed by atoms with Gasteiger partial charge >= 0.3 is 5.69 Å². The van der Waals surface area contributed by atoms with Crippen molar-refractivity contribution in [3.63, 3.8) is 0 Å². The number of fused-ring (bicyclic) bond motifs is 3. The molecule has 4 rings (SSSR count). The topological polar surface area (TPSA) is 80.9 Å². The van der Waals surface area contributed by atoms with E-state index >= 15 is 0 Å². The molecule has 0 unspecified atom stereocenters. The normalized spacial score (nSPS) is 11.4. The third-order valence-electron chi connectivity index (χ3n) is 3.17. The summed E-state index contributed by atoms with van der Waals surface area (Å²) in [6, 6.07) is 7.52. The smallest absolute Gasteiger partial charge is 0.305 e. The average molecular weight is 266 g/mol. The van der Waals surface area contributed by atoms with Crippen molar-refractivity contribution < 1.29 is 0 Å². The Morgan fingerprint density at radius 1 is 1.25 bits per heavy atom. The van der Waals surface area contributed by atoms with Gasteiger partial charge < -0.3 is 4.98 Å². The fraction of sp³-hybridized carbons (Fsp3) is 0.0769. The van der Waals surface area contributed by atoms with Crippen LogP contribution in [-0.2, 0) is 7.05 Å². The number of nitrogens with zero attached hydrogens (tertiary/aromatic N) is 5. The zero-order valence-corrected chi connectivity index (χ0v) is 10.6. The molecule has 0 saturated heterocycles. The summed E-state index contributed by atoms with van der Waals surface area (Å²) >= 11 is 0. The van der Waals surface area contributed by atoms with Gasteiger partial charge in [0.25, 0.3) is 0 Å². The van der Waals surface area contributed by atoms with Crippen molar-refractivity contribution in [3.05, 3.63) is 47.1 Å². The van der Waals surface area contributed by atoms with Crippen LogP contribution in [0.25, 0.3) is 27.9 Å². The minimum atomic E-state index is -0.304. The standard InChI is InChI=1S/C13H10N6O/c1-18-7-8(6-14-18)11-16-12-9-4-2-3-5-10(9)15-13(20)19(12)17-11/h2-7H,1H3,(H,15,20). The Balaban J connectivity index is 2.10. The van der Waals surface area contributed by atoms with Crippen molar-refractivity contribution >= 4 is 16.6 Å². The zero-order chi connectivity index (χ0) is 13.7. The third-order valence-corrected chi connectivity index (χ3v) is 3.17. The fourth-order valence-electron chi connectivity index (χ4n) is 2.24. The first-order valence-electron chi connectivity index (χ1n) is 6.09. The molecule has 0 atom stereocenters. The van der Waals surface area contributed by atoms with Gasteiger partial charge in [0.15, 0.2) is 11.5 Å². The first-order chi connectivity index (χ1) is 9.72. The second-order valence-corrected chi connectivity index (χ2v) is 4.55. The summed E-state index contributed by atoms with van der Waals surface area (Å²) in [6.45, 7) is 0. The molecule has 0 aliphatic heterocycles. The number of aryl methyl sites for hydroxylation is 1. The molecule has 7 heteroatoms. The van der Waals surface area contributed by atoms with E-state index < -0.39 is 0 Å². The van der Waals surface area contributed by atoms with E-state index in [1.807, 2.05) is 37.5 Å². The number of aromatic amines is 1. The molecule has 0 amide bonds. The van der Waals surface area contributed by atoms with Crippen LogP contribution < -0.4 is 5.69 Å². The maximum atomic E-state index is 12.0. The molecule has 0 spiro atoms. The first kappa shape index (κ1) is 10.9. The molecule has 0 aliphatic carbocycles. The van der Waals surface area contributed by atoms with Crippen LogP contribution in [0.3, 0.4) is 0 Å². The van der Waals surface area contributed by atoms with Crippen molar-refractivity contribution in [3.8, 4) is 11.4 Å². The van der Waals surface area contributed by atoms with Gasteiger partial charge in [0.05, 0.1) is 17.3 Å². The number of aromatic nitrogens is 6. The lowest BCUT2D eigenvalue weighted by atomic mass is 10.2. The minimum absolute atomic E-state index is 0.304. The van der Waals surface area contributed by atoms with Crippen LogP contribution in [0.1, 0.15) is 0 Å². The van der Waals surface area contributed by atoms with Crippen molar-refractivity contribution in [2.45, 2.75) is 0 Å². The van der Waals surface area contributed by atoms with Crippen molar-refractivity contribution in [2.75, 3.05) is 0 Å². The van der Waals surface area contributed by atoms with E-state index in [-0.39, 0.29) is 5.69 Å². The molecule has 1 aromatic carbocycles. The van der Waals surface area contributed by atoms with E-state index in [0.717, 1.165) is 16.5 Å². The van der Waals surface area contributed by atoms with Gasteiger partial charge in [0.2, 0.25) is 0 Å². The Kier molecular flexibility index (Phi) is 2.06. The highest BCUT2D eigenvalue weighted by molar-refractivity contribution is 5.91. The van der Waals surface area contributed by atoms with E-state index in [0.29, 0.717) is 11.5 Å². The van der Waals surface area contributed by atoms with Crippen LogP contribution in [0.15, 0.2) is 41.5 Å². The van der Waals surface area contributed by atoms with E-state index in [2.05, 4.69) is 20.2 Å². The van der Waals surface area contributed by atoms with Crippen LogP contribution >= 0.6 is 0 Å². The van der Waals surface area contributed by atoms with Gasteiger partial charge in [0.1, 0.15) is 0 Å². The molecule has 20 heavy (non-hydrogen) atoms. The molecule has 4 aromatic rings. The van der Waals surface area contributed by atoms with Gasteiger partial charge in [-0.25, -0.2) is 9.78 Å². The Bertz CT molecular complexity index is 993. The highest BCUT2D eigenvalue weighted by atomic mass is 16.1. The molecular weight excluding hydrogens is 256 g/mol. The van der Waals surface area contributed by atoms with Gasteiger partial charge in [-0.1, -0.05) is 12.1 Å². The lowest BCUT2D eigenvalue weighted by Crippen LogP contribution is -2.17. The van der Waals surface area contributed by atoms with E-state index in [9.17, 15) is 4.79 Å². The summed E-state index contributed by atoms with van der Waals surface area (Å²) in [7, 11) is 1.82. The first-order valence-corrected chi connectivity index (χ1v) is 6.09.